The van der Waals surface area contributed by atoms with Crippen molar-refractivity contribution in [2.75, 3.05) is 17.7 Å². The Morgan fingerprint density at radius 3 is 2.71 bits per heavy atom. The molecule has 3 N–H and O–H groups in total. The SMILES string of the molecule is CC(C1CC1)N(C)c1cc(C(=O)O)ccc1N. The fourth-order valence-corrected chi connectivity index (χ4v) is 2.10. The third-order valence-electron chi connectivity index (χ3n) is 3.57. The molecule has 1 aliphatic carbocycles. The van der Waals surface area contributed by atoms with Crippen LogP contribution in [0, 0.1) is 5.92 Å². The number of anilines is 2. The Morgan fingerprint density at radius 1 is 1.53 bits per heavy atom. The van der Waals surface area contributed by atoms with Gasteiger partial charge in [0.15, 0.2) is 0 Å². The molecule has 4 heteroatoms. The zero-order valence-corrected chi connectivity index (χ0v) is 10.2. The molecule has 0 heterocycles. The molecular formula is C13H18N2O2. The summed E-state index contributed by atoms with van der Waals surface area (Å²) >= 11 is 0. The quantitative estimate of drug-likeness (QED) is 0.784. The Balaban J connectivity index is 2.29. The number of nitrogens with two attached hydrogens (primary N) is 1. The van der Waals surface area contributed by atoms with E-state index < -0.39 is 5.97 Å². The van der Waals surface area contributed by atoms with Crippen molar-refractivity contribution in [2.24, 2.45) is 5.92 Å². The van der Waals surface area contributed by atoms with Gasteiger partial charge in [-0.25, -0.2) is 4.79 Å². The van der Waals surface area contributed by atoms with Crippen molar-refractivity contribution < 1.29 is 9.90 Å². The molecule has 0 bridgehead atoms. The van der Waals surface area contributed by atoms with Crippen LogP contribution in [0.15, 0.2) is 18.2 Å². The van der Waals surface area contributed by atoms with Crippen LogP contribution >= 0.6 is 0 Å². The van der Waals surface area contributed by atoms with Gasteiger partial charge in [-0.15, -0.1) is 0 Å². The highest BCUT2D eigenvalue weighted by Gasteiger charge is 2.31. The molecule has 1 unspecified atom stereocenters. The Bertz CT molecular complexity index is 441. The predicted octanol–water partition coefficient (Wildman–Crippen LogP) is 2.20. The molecule has 0 saturated heterocycles. The van der Waals surface area contributed by atoms with Crippen LogP contribution in [0.5, 0.6) is 0 Å². The molecular weight excluding hydrogens is 216 g/mol. The zero-order valence-electron chi connectivity index (χ0n) is 10.2. The summed E-state index contributed by atoms with van der Waals surface area (Å²) in [4.78, 5) is 13.0. The van der Waals surface area contributed by atoms with Crippen LogP contribution in [0.3, 0.4) is 0 Å². The van der Waals surface area contributed by atoms with Gasteiger partial charge in [-0.2, -0.15) is 0 Å². The van der Waals surface area contributed by atoms with Gasteiger partial charge in [0.05, 0.1) is 16.9 Å². The van der Waals surface area contributed by atoms with Crippen molar-refractivity contribution in [3.05, 3.63) is 23.8 Å². The van der Waals surface area contributed by atoms with Crippen LogP contribution in [-0.4, -0.2) is 24.2 Å². The number of carboxylic acids is 1. The zero-order chi connectivity index (χ0) is 12.6. The lowest BCUT2D eigenvalue weighted by molar-refractivity contribution is 0.0697. The first-order valence-corrected chi connectivity index (χ1v) is 5.86. The topological polar surface area (TPSA) is 66.6 Å². The van der Waals surface area contributed by atoms with Crippen LogP contribution in [0.2, 0.25) is 0 Å². The van der Waals surface area contributed by atoms with E-state index in [1.807, 2.05) is 7.05 Å². The van der Waals surface area contributed by atoms with E-state index >= 15 is 0 Å². The highest BCUT2D eigenvalue weighted by molar-refractivity contribution is 5.90. The van der Waals surface area contributed by atoms with Crippen molar-refractivity contribution in [3.8, 4) is 0 Å². The molecule has 0 radical (unpaired) electrons. The minimum Gasteiger partial charge on any atom is -0.478 e. The van der Waals surface area contributed by atoms with E-state index in [2.05, 4.69) is 11.8 Å². The van der Waals surface area contributed by atoms with Gasteiger partial charge in [0.25, 0.3) is 0 Å². The van der Waals surface area contributed by atoms with Crippen molar-refractivity contribution >= 4 is 17.3 Å². The largest absolute Gasteiger partial charge is 0.478 e. The standard InChI is InChI=1S/C13H18N2O2/c1-8(9-3-4-9)15(2)12-7-10(13(16)17)5-6-11(12)14/h5-9H,3-4,14H2,1-2H3,(H,16,17). The second-order valence-electron chi connectivity index (χ2n) is 4.77. The van der Waals surface area contributed by atoms with Crippen LogP contribution in [0.25, 0.3) is 0 Å². The van der Waals surface area contributed by atoms with Crippen molar-refractivity contribution in [3.63, 3.8) is 0 Å². The number of carboxylic acid groups (broad SMARTS) is 1. The summed E-state index contributed by atoms with van der Waals surface area (Å²) < 4.78 is 0. The fraction of sp³-hybridized carbons (Fsp3) is 0.462. The molecule has 1 aromatic carbocycles. The summed E-state index contributed by atoms with van der Waals surface area (Å²) in [6, 6.07) is 5.25. The molecule has 0 spiro atoms. The predicted molar refractivity (Wildman–Crippen MR) is 68.4 cm³/mol. The van der Waals surface area contributed by atoms with Crippen molar-refractivity contribution in [1.82, 2.24) is 0 Å². The average molecular weight is 234 g/mol. The molecule has 1 aromatic rings. The molecule has 1 aliphatic rings. The maximum Gasteiger partial charge on any atom is 0.335 e. The second kappa shape index (κ2) is 4.28. The molecule has 1 saturated carbocycles. The number of hydrogen-bond donors (Lipinski definition) is 2. The number of rotatable bonds is 4. The lowest BCUT2D eigenvalue weighted by Crippen LogP contribution is -2.31. The van der Waals surface area contributed by atoms with Gasteiger partial charge in [-0.1, -0.05) is 0 Å². The Kier molecular flexibility index (Phi) is 2.96. The van der Waals surface area contributed by atoms with E-state index in [0.29, 0.717) is 17.6 Å². The minimum atomic E-state index is -0.918. The number of nitrogens with zero attached hydrogens (tertiary/aromatic N) is 1. The van der Waals surface area contributed by atoms with Gasteiger partial charge in [0.1, 0.15) is 0 Å². The van der Waals surface area contributed by atoms with Gasteiger partial charge in [-0.05, 0) is 43.9 Å². The summed E-state index contributed by atoms with van der Waals surface area (Å²) in [7, 11) is 1.97. The van der Waals surface area contributed by atoms with Gasteiger partial charge >= 0.3 is 5.97 Å². The Morgan fingerprint density at radius 2 is 2.18 bits per heavy atom. The third kappa shape index (κ3) is 2.35. The number of hydrogen-bond acceptors (Lipinski definition) is 3. The summed E-state index contributed by atoms with van der Waals surface area (Å²) in [5.41, 5.74) is 7.63. The van der Waals surface area contributed by atoms with Crippen LogP contribution in [-0.2, 0) is 0 Å². The van der Waals surface area contributed by atoms with E-state index in [1.54, 1.807) is 12.1 Å². The smallest absolute Gasteiger partial charge is 0.335 e. The molecule has 1 fully saturated rings. The van der Waals surface area contributed by atoms with E-state index in [0.717, 1.165) is 5.69 Å². The molecule has 1 atom stereocenters. The molecule has 17 heavy (non-hydrogen) atoms. The maximum absolute atomic E-state index is 10.9. The van der Waals surface area contributed by atoms with Crippen LogP contribution in [0.4, 0.5) is 11.4 Å². The van der Waals surface area contributed by atoms with E-state index in [1.165, 1.54) is 18.9 Å². The molecule has 0 amide bonds. The van der Waals surface area contributed by atoms with Crippen molar-refractivity contribution in [2.45, 2.75) is 25.8 Å². The van der Waals surface area contributed by atoms with Crippen molar-refractivity contribution in [1.29, 1.82) is 0 Å². The summed E-state index contributed by atoms with van der Waals surface area (Å²) in [5, 5.41) is 8.98. The first-order chi connectivity index (χ1) is 8.00. The van der Waals surface area contributed by atoms with Gasteiger partial charge in [0, 0.05) is 13.1 Å². The first-order valence-electron chi connectivity index (χ1n) is 5.86. The van der Waals surface area contributed by atoms with E-state index in [4.69, 9.17) is 10.8 Å². The van der Waals surface area contributed by atoms with E-state index in [9.17, 15) is 4.79 Å². The average Bonchev–Trinajstić information content (AvgIpc) is 3.11. The number of aromatic carboxylic acids is 1. The molecule has 4 nitrogen and oxygen atoms in total. The van der Waals surface area contributed by atoms with Crippen LogP contribution in [0.1, 0.15) is 30.1 Å². The lowest BCUT2D eigenvalue weighted by Gasteiger charge is -2.28. The third-order valence-corrected chi connectivity index (χ3v) is 3.57. The number of nitrogen functional groups attached to an aromatic ring is 1. The fourth-order valence-electron chi connectivity index (χ4n) is 2.10. The minimum absolute atomic E-state index is 0.282. The van der Waals surface area contributed by atoms with E-state index in [-0.39, 0.29) is 5.56 Å². The lowest BCUT2D eigenvalue weighted by atomic mass is 10.1. The highest BCUT2D eigenvalue weighted by Crippen LogP contribution is 2.37. The maximum atomic E-state index is 10.9. The number of carbonyl (C=O) groups is 1. The molecule has 0 aromatic heterocycles. The van der Waals surface area contributed by atoms with Gasteiger partial charge in [-0.3, -0.25) is 0 Å². The molecule has 2 rings (SSSR count). The Hall–Kier alpha value is -1.71. The number of benzene rings is 1. The molecule has 0 aliphatic heterocycles. The summed E-state index contributed by atoms with van der Waals surface area (Å²) in [6.07, 6.45) is 2.51. The van der Waals surface area contributed by atoms with Gasteiger partial charge < -0.3 is 15.7 Å². The molecule has 92 valence electrons. The monoisotopic (exact) mass is 234 g/mol. The first kappa shape index (κ1) is 11.8. The Labute approximate surface area is 101 Å². The highest BCUT2D eigenvalue weighted by atomic mass is 16.4. The second-order valence-corrected chi connectivity index (χ2v) is 4.77. The van der Waals surface area contributed by atoms with Gasteiger partial charge in [0.2, 0.25) is 0 Å². The normalized spacial score (nSPS) is 16.6. The summed E-state index contributed by atoms with van der Waals surface area (Å²) in [5.74, 6) is -0.202. The van der Waals surface area contributed by atoms with Crippen LogP contribution < -0.4 is 10.6 Å². The summed E-state index contributed by atoms with van der Waals surface area (Å²) in [6.45, 7) is 2.16.